The summed E-state index contributed by atoms with van der Waals surface area (Å²) in [7, 11) is 0. The Hall–Kier alpha value is -1.59. The van der Waals surface area contributed by atoms with Gasteiger partial charge in [0.2, 0.25) is 0 Å². The van der Waals surface area contributed by atoms with E-state index in [1.807, 2.05) is 30.3 Å². The van der Waals surface area contributed by atoms with Crippen molar-refractivity contribution in [3.63, 3.8) is 0 Å². The first-order valence-electron chi connectivity index (χ1n) is 6.95. The number of hydrogen-bond donors (Lipinski definition) is 1. The van der Waals surface area contributed by atoms with Gasteiger partial charge in [-0.1, -0.05) is 30.3 Å². The summed E-state index contributed by atoms with van der Waals surface area (Å²) in [6, 6.07) is 9.62. The molecule has 0 saturated carbocycles. The number of benzene rings is 1. The largest absolute Gasteiger partial charge is 0.445 e. The van der Waals surface area contributed by atoms with E-state index in [0.29, 0.717) is 26.3 Å². The molecule has 20 heavy (non-hydrogen) atoms. The van der Waals surface area contributed by atoms with Crippen LogP contribution < -0.4 is 0 Å². The maximum Gasteiger partial charge on any atom is 0.410 e. The van der Waals surface area contributed by atoms with Crippen molar-refractivity contribution in [2.24, 2.45) is 11.8 Å². The molecule has 2 atom stereocenters. The summed E-state index contributed by atoms with van der Waals surface area (Å²) in [5, 5.41) is 10.0. The first-order valence-corrected chi connectivity index (χ1v) is 6.95. The molecular formula is C15H19NO4. The number of piperidine rings is 1. The van der Waals surface area contributed by atoms with E-state index in [9.17, 15) is 9.90 Å². The molecule has 0 aromatic heterocycles. The molecule has 0 radical (unpaired) electrons. The molecule has 2 heterocycles. The second-order valence-corrected chi connectivity index (χ2v) is 5.49. The number of amides is 1. The highest BCUT2D eigenvalue weighted by Gasteiger charge is 2.41. The molecule has 2 unspecified atom stereocenters. The SMILES string of the molecule is O=C(OCc1ccccc1)N1CC2COCC(C1)C2O. The minimum absolute atomic E-state index is 0.00627. The molecule has 2 aliphatic heterocycles. The second-order valence-electron chi connectivity index (χ2n) is 5.49. The highest BCUT2D eigenvalue weighted by Crippen LogP contribution is 2.27. The molecule has 2 fully saturated rings. The van der Waals surface area contributed by atoms with Gasteiger partial charge >= 0.3 is 6.09 Å². The van der Waals surface area contributed by atoms with Crippen LogP contribution >= 0.6 is 0 Å². The monoisotopic (exact) mass is 277 g/mol. The van der Waals surface area contributed by atoms with Crippen molar-refractivity contribution in [1.82, 2.24) is 4.90 Å². The zero-order chi connectivity index (χ0) is 13.9. The van der Waals surface area contributed by atoms with Gasteiger partial charge in [-0.15, -0.1) is 0 Å². The van der Waals surface area contributed by atoms with Crippen molar-refractivity contribution < 1.29 is 19.4 Å². The highest BCUT2D eigenvalue weighted by molar-refractivity contribution is 5.67. The average Bonchev–Trinajstić information content (AvgIpc) is 2.45. The summed E-state index contributed by atoms with van der Waals surface area (Å²) >= 11 is 0. The van der Waals surface area contributed by atoms with Crippen LogP contribution in [0.3, 0.4) is 0 Å². The van der Waals surface area contributed by atoms with Gasteiger partial charge in [-0.2, -0.15) is 0 Å². The molecule has 2 saturated heterocycles. The van der Waals surface area contributed by atoms with Gasteiger partial charge in [-0.25, -0.2) is 4.79 Å². The van der Waals surface area contributed by atoms with Crippen LogP contribution in [-0.4, -0.2) is 48.5 Å². The van der Waals surface area contributed by atoms with Gasteiger partial charge in [0.05, 0.1) is 19.3 Å². The molecule has 1 N–H and O–H groups in total. The molecule has 3 rings (SSSR count). The Balaban J connectivity index is 1.55. The zero-order valence-corrected chi connectivity index (χ0v) is 11.3. The molecule has 1 aromatic rings. The molecular weight excluding hydrogens is 258 g/mol. The van der Waals surface area contributed by atoms with Gasteiger partial charge in [-0.3, -0.25) is 0 Å². The summed E-state index contributed by atoms with van der Waals surface area (Å²) < 4.78 is 10.8. The van der Waals surface area contributed by atoms with E-state index in [1.165, 1.54) is 0 Å². The zero-order valence-electron chi connectivity index (χ0n) is 11.3. The molecule has 0 spiro atoms. The standard InChI is InChI=1S/C15H19NO4/c17-14-12-6-16(7-13(14)10-19-9-12)15(18)20-8-11-4-2-1-3-5-11/h1-5,12-14,17H,6-10H2. The van der Waals surface area contributed by atoms with Crippen LogP contribution in [0.4, 0.5) is 4.79 Å². The molecule has 1 amide bonds. The fourth-order valence-electron chi connectivity index (χ4n) is 2.87. The predicted octanol–water partition coefficient (Wildman–Crippen LogP) is 1.26. The van der Waals surface area contributed by atoms with Crippen molar-refractivity contribution in [2.75, 3.05) is 26.3 Å². The number of fused-ring (bicyclic) bond motifs is 2. The van der Waals surface area contributed by atoms with Gasteiger partial charge in [-0.05, 0) is 5.56 Å². The first kappa shape index (κ1) is 13.4. The van der Waals surface area contributed by atoms with E-state index in [4.69, 9.17) is 9.47 Å². The number of carbonyl (C=O) groups excluding carboxylic acids is 1. The summed E-state index contributed by atoms with van der Waals surface area (Å²) in [5.41, 5.74) is 0.974. The lowest BCUT2D eigenvalue weighted by atomic mass is 9.85. The quantitative estimate of drug-likeness (QED) is 0.884. The summed E-state index contributed by atoms with van der Waals surface area (Å²) in [4.78, 5) is 13.8. The normalized spacial score (nSPS) is 29.1. The van der Waals surface area contributed by atoms with Gasteiger partial charge < -0.3 is 19.5 Å². The highest BCUT2D eigenvalue weighted by atomic mass is 16.6. The van der Waals surface area contributed by atoms with Crippen molar-refractivity contribution in [3.05, 3.63) is 35.9 Å². The predicted molar refractivity (Wildman–Crippen MR) is 72.0 cm³/mol. The average molecular weight is 277 g/mol. The number of aliphatic hydroxyl groups is 1. The Labute approximate surface area is 118 Å². The third kappa shape index (κ3) is 2.78. The smallest absolute Gasteiger partial charge is 0.410 e. The lowest BCUT2D eigenvalue weighted by Crippen LogP contribution is -2.56. The topological polar surface area (TPSA) is 59.0 Å². The number of aliphatic hydroxyl groups excluding tert-OH is 1. The van der Waals surface area contributed by atoms with Gasteiger partial charge in [0.25, 0.3) is 0 Å². The minimum Gasteiger partial charge on any atom is -0.445 e. The summed E-state index contributed by atoms with van der Waals surface area (Å²) in [6.07, 6.45) is -0.667. The van der Waals surface area contributed by atoms with Crippen LogP contribution in [0.15, 0.2) is 30.3 Å². The summed E-state index contributed by atoms with van der Waals surface area (Å²) in [6.45, 7) is 2.32. The fourth-order valence-corrected chi connectivity index (χ4v) is 2.87. The Morgan fingerprint density at radius 1 is 1.25 bits per heavy atom. The fraction of sp³-hybridized carbons (Fsp3) is 0.533. The number of ether oxygens (including phenoxy) is 2. The lowest BCUT2D eigenvalue weighted by molar-refractivity contribution is -0.119. The lowest BCUT2D eigenvalue weighted by Gasteiger charge is -2.44. The molecule has 1 aromatic carbocycles. The Bertz CT molecular complexity index is 450. The molecule has 2 bridgehead atoms. The van der Waals surface area contributed by atoms with Gasteiger partial charge in [0, 0.05) is 24.9 Å². The maximum atomic E-state index is 12.1. The summed E-state index contributed by atoms with van der Waals surface area (Å²) in [5.74, 6) is 0.0125. The van der Waals surface area contributed by atoms with Crippen molar-refractivity contribution in [2.45, 2.75) is 12.7 Å². The van der Waals surface area contributed by atoms with Crippen LogP contribution in [-0.2, 0) is 16.1 Å². The van der Waals surface area contributed by atoms with E-state index >= 15 is 0 Å². The van der Waals surface area contributed by atoms with E-state index in [-0.39, 0.29) is 30.6 Å². The van der Waals surface area contributed by atoms with E-state index in [1.54, 1.807) is 4.90 Å². The van der Waals surface area contributed by atoms with Gasteiger partial charge in [0.15, 0.2) is 0 Å². The number of likely N-dealkylation sites (tertiary alicyclic amines) is 1. The minimum atomic E-state index is -0.359. The van der Waals surface area contributed by atoms with Crippen LogP contribution in [0, 0.1) is 11.8 Å². The van der Waals surface area contributed by atoms with E-state index < -0.39 is 0 Å². The van der Waals surface area contributed by atoms with Crippen LogP contribution in [0.5, 0.6) is 0 Å². The number of hydrogen-bond acceptors (Lipinski definition) is 4. The second kappa shape index (κ2) is 5.81. The molecule has 5 nitrogen and oxygen atoms in total. The van der Waals surface area contributed by atoms with Crippen LogP contribution in [0.1, 0.15) is 5.56 Å². The number of carbonyl (C=O) groups is 1. The first-order chi connectivity index (χ1) is 9.74. The van der Waals surface area contributed by atoms with Crippen LogP contribution in [0.25, 0.3) is 0 Å². The van der Waals surface area contributed by atoms with E-state index in [0.717, 1.165) is 5.56 Å². The van der Waals surface area contributed by atoms with Crippen molar-refractivity contribution >= 4 is 6.09 Å². The van der Waals surface area contributed by atoms with Gasteiger partial charge in [0.1, 0.15) is 6.61 Å². The third-order valence-electron chi connectivity index (χ3n) is 4.00. The van der Waals surface area contributed by atoms with Crippen molar-refractivity contribution in [3.8, 4) is 0 Å². The number of rotatable bonds is 2. The molecule has 2 aliphatic rings. The van der Waals surface area contributed by atoms with Crippen molar-refractivity contribution in [1.29, 1.82) is 0 Å². The number of nitrogens with zero attached hydrogens (tertiary/aromatic N) is 1. The molecule has 5 heteroatoms. The Morgan fingerprint density at radius 3 is 2.55 bits per heavy atom. The van der Waals surface area contributed by atoms with Crippen LogP contribution in [0.2, 0.25) is 0 Å². The molecule has 0 aliphatic carbocycles. The Morgan fingerprint density at radius 2 is 1.90 bits per heavy atom. The third-order valence-corrected chi connectivity index (χ3v) is 4.00. The van der Waals surface area contributed by atoms with E-state index in [2.05, 4.69) is 0 Å². The maximum absolute atomic E-state index is 12.1. The molecule has 108 valence electrons. The Kier molecular flexibility index (Phi) is 3.89.